The first-order chi connectivity index (χ1) is 15.9. The molecule has 0 unspecified atom stereocenters. The van der Waals surface area contributed by atoms with E-state index in [1.54, 1.807) is 30.3 Å². The van der Waals surface area contributed by atoms with Crippen LogP contribution >= 0.6 is 15.9 Å². The van der Waals surface area contributed by atoms with Gasteiger partial charge in [0.1, 0.15) is 23.8 Å². The van der Waals surface area contributed by atoms with Gasteiger partial charge in [0.05, 0.1) is 15.6 Å². The Labute approximate surface area is 194 Å². The third-order valence-corrected chi connectivity index (χ3v) is 5.20. The number of ether oxygens (including phenoxy) is 1. The fraction of sp³-hybridized carbons (Fsp3) is 0.0435. The van der Waals surface area contributed by atoms with Crippen LogP contribution in [0, 0.1) is 15.9 Å². The molecule has 4 aromatic rings. The van der Waals surface area contributed by atoms with E-state index in [2.05, 4.69) is 26.5 Å². The summed E-state index contributed by atoms with van der Waals surface area (Å²) in [6, 6.07) is 16.8. The van der Waals surface area contributed by atoms with Gasteiger partial charge in [0.2, 0.25) is 0 Å². The summed E-state index contributed by atoms with van der Waals surface area (Å²) in [6.45, 7) is 0.281. The van der Waals surface area contributed by atoms with Crippen molar-refractivity contribution < 1.29 is 23.3 Å². The van der Waals surface area contributed by atoms with E-state index in [0.717, 1.165) is 5.56 Å². The van der Waals surface area contributed by atoms with Gasteiger partial charge in [-0.3, -0.25) is 14.9 Å². The molecule has 0 radical (unpaired) electrons. The van der Waals surface area contributed by atoms with Crippen LogP contribution in [0.5, 0.6) is 5.75 Å². The maximum atomic E-state index is 13.0. The van der Waals surface area contributed by atoms with Gasteiger partial charge in [0.25, 0.3) is 5.69 Å². The van der Waals surface area contributed by atoms with E-state index in [-0.39, 0.29) is 23.9 Å². The molecule has 0 saturated carbocycles. The van der Waals surface area contributed by atoms with Gasteiger partial charge >= 0.3 is 5.91 Å². The molecule has 8 nitrogen and oxygen atoms in total. The first kappa shape index (κ1) is 22.2. The summed E-state index contributed by atoms with van der Waals surface area (Å²) in [5.41, 5.74) is 4.14. The number of carbonyl (C=O) groups excluding carboxylic acids is 1. The van der Waals surface area contributed by atoms with E-state index in [0.29, 0.717) is 26.8 Å². The molecule has 1 N–H and O–H groups in total. The normalized spacial score (nSPS) is 11.1. The molecule has 166 valence electrons. The first-order valence-electron chi connectivity index (χ1n) is 9.57. The van der Waals surface area contributed by atoms with Crippen LogP contribution in [-0.4, -0.2) is 17.0 Å². The lowest BCUT2D eigenvalue weighted by molar-refractivity contribution is -0.384. The number of nitrogens with one attached hydrogen (secondary N) is 1. The average molecular weight is 512 g/mol. The quantitative estimate of drug-likeness (QED) is 0.198. The summed E-state index contributed by atoms with van der Waals surface area (Å²) < 4.78 is 24.8. The molecular weight excluding hydrogens is 497 g/mol. The number of non-ortho nitro benzene ring substituents is 1. The van der Waals surface area contributed by atoms with Crippen molar-refractivity contribution in [1.82, 2.24) is 5.43 Å². The van der Waals surface area contributed by atoms with Crippen molar-refractivity contribution in [2.75, 3.05) is 0 Å². The van der Waals surface area contributed by atoms with Gasteiger partial charge in [0, 0.05) is 17.5 Å². The largest absolute Gasteiger partial charge is 0.488 e. The van der Waals surface area contributed by atoms with Crippen LogP contribution in [0.3, 0.4) is 0 Å². The van der Waals surface area contributed by atoms with Crippen LogP contribution in [0.25, 0.3) is 11.0 Å². The zero-order chi connectivity index (χ0) is 23.4. The molecule has 3 aromatic carbocycles. The maximum Gasteiger partial charge on any atom is 0.307 e. The van der Waals surface area contributed by atoms with Crippen LogP contribution in [0.4, 0.5) is 10.1 Å². The fourth-order valence-electron chi connectivity index (χ4n) is 2.93. The molecule has 33 heavy (non-hydrogen) atoms. The van der Waals surface area contributed by atoms with E-state index < -0.39 is 10.8 Å². The number of halogens is 2. The third kappa shape index (κ3) is 5.42. The molecule has 0 aliphatic carbocycles. The molecular formula is C23H15BrFN3O5. The summed E-state index contributed by atoms with van der Waals surface area (Å²) in [5, 5.41) is 15.2. The number of amides is 1. The molecule has 0 aliphatic rings. The lowest BCUT2D eigenvalue weighted by Crippen LogP contribution is -2.16. The van der Waals surface area contributed by atoms with Crippen molar-refractivity contribution in [2.45, 2.75) is 6.61 Å². The number of hydrogen-bond donors (Lipinski definition) is 1. The van der Waals surface area contributed by atoms with Crippen molar-refractivity contribution in [3.05, 3.63) is 104 Å². The van der Waals surface area contributed by atoms with Crippen molar-refractivity contribution in [3.8, 4) is 5.75 Å². The number of nitro benzene ring substituents is 1. The average Bonchev–Trinajstić information content (AvgIpc) is 3.23. The van der Waals surface area contributed by atoms with Gasteiger partial charge in [-0.05, 0) is 69.5 Å². The number of benzene rings is 3. The van der Waals surface area contributed by atoms with Crippen molar-refractivity contribution in [3.63, 3.8) is 0 Å². The highest BCUT2D eigenvalue weighted by molar-refractivity contribution is 9.10. The molecule has 4 rings (SSSR count). The predicted octanol–water partition coefficient (Wildman–Crippen LogP) is 5.59. The summed E-state index contributed by atoms with van der Waals surface area (Å²) in [4.78, 5) is 22.6. The Morgan fingerprint density at radius 2 is 1.94 bits per heavy atom. The molecule has 0 atom stereocenters. The van der Waals surface area contributed by atoms with Crippen LogP contribution in [0.2, 0.25) is 0 Å². The molecule has 0 aliphatic heterocycles. The van der Waals surface area contributed by atoms with Crippen molar-refractivity contribution in [2.24, 2.45) is 5.10 Å². The molecule has 0 bridgehead atoms. The standard InChI is InChI=1S/C23H15BrFN3O5/c24-19-9-15(3-7-21(19)32-13-14-1-4-17(25)5-2-14)12-26-27-23(29)22-11-16-10-18(28(30)31)6-8-20(16)33-22/h1-12H,13H2,(H,27,29)/b26-12-. The molecule has 1 aromatic heterocycles. The number of furan rings is 1. The molecule has 0 spiro atoms. The van der Waals surface area contributed by atoms with Gasteiger partial charge in [0.15, 0.2) is 5.76 Å². The molecule has 10 heteroatoms. The number of nitrogens with zero attached hydrogens (tertiary/aromatic N) is 2. The summed E-state index contributed by atoms with van der Waals surface area (Å²) in [6.07, 6.45) is 1.44. The Morgan fingerprint density at radius 3 is 2.67 bits per heavy atom. The number of hydrazone groups is 1. The second-order valence-corrected chi connectivity index (χ2v) is 7.75. The second-order valence-electron chi connectivity index (χ2n) is 6.89. The molecule has 0 saturated heterocycles. The van der Waals surface area contributed by atoms with E-state index >= 15 is 0 Å². The van der Waals surface area contributed by atoms with Gasteiger partial charge in [-0.25, -0.2) is 9.82 Å². The van der Waals surface area contributed by atoms with Gasteiger partial charge in [-0.2, -0.15) is 5.10 Å². The highest BCUT2D eigenvalue weighted by Gasteiger charge is 2.14. The zero-order valence-corrected chi connectivity index (χ0v) is 18.4. The van der Waals surface area contributed by atoms with Crippen LogP contribution in [-0.2, 0) is 6.61 Å². The maximum absolute atomic E-state index is 13.0. The van der Waals surface area contributed by atoms with E-state index in [4.69, 9.17) is 9.15 Å². The Balaban J connectivity index is 1.37. The summed E-state index contributed by atoms with van der Waals surface area (Å²) >= 11 is 3.43. The Kier molecular flexibility index (Phi) is 6.45. The molecule has 0 fully saturated rings. The number of rotatable bonds is 7. The Hall–Kier alpha value is -4.05. The van der Waals surface area contributed by atoms with E-state index in [1.807, 2.05) is 0 Å². The lowest BCUT2D eigenvalue weighted by atomic mass is 10.2. The minimum absolute atomic E-state index is 0.0200. The SMILES string of the molecule is O=C(N/N=C\c1ccc(OCc2ccc(F)cc2)c(Br)c1)c1cc2cc([N+](=O)[O-])ccc2o1. The van der Waals surface area contributed by atoms with Gasteiger partial charge in [-0.1, -0.05) is 12.1 Å². The minimum Gasteiger partial charge on any atom is -0.488 e. The number of hydrogen-bond acceptors (Lipinski definition) is 6. The third-order valence-electron chi connectivity index (χ3n) is 4.58. The van der Waals surface area contributed by atoms with E-state index in [9.17, 15) is 19.3 Å². The topological polar surface area (TPSA) is 107 Å². The molecule has 1 amide bonds. The zero-order valence-electron chi connectivity index (χ0n) is 16.8. The van der Waals surface area contributed by atoms with Crippen LogP contribution < -0.4 is 10.2 Å². The minimum atomic E-state index is -0.594. The van der Waals surface area contributed by atoms with Crippen LogP contribution in [0.1, 0.15) is 21.7 Å². The lowest BCUT2D eigenvalue weighted by Gasteiger charge is -2.09. The summed E-state index contributed by atoms with van der Waals surface area (Å²) in [5.74, 6) is -0.325. The Morgan fingerprint density at radius 1 is 1.15 bits per heavy atom. The fourth-order valence-corrected chi connectivity index (χ4v) is 3.44. The van der Waals surface area contributed by atoms with Gasteiger partial charge < -0.3 is 9.15 Å². The number of fused-ring (bicyclic) bond motifs is 1. The highest BCUT2D eigenvalue weighted by atomic mass is 79.9. The second kappa shape index (κ2) is 9.61. The predicted molar refractivity (Wildman–Crippen MR) is 123 cm³/mol. The van der Waals surface area contributed by atoms with Gasteiger partial charge in [-0.15, -0.1) is 0 Å². The highest BCUT2D eigenvalue weighted by Crippen LogP contribution is 2.27. The summed E-state index contributed by atoms with van der Waals surface area (Å²) in [7, 11) is 0. The smallest absolute Gasteiger partial charge is 0.307 e. The number of carbonyl (C=O) groups is 1. The first-order valence-corrected chi connectivity index (χ1v) is 10.4. The van der Waals surface area contributed by atoms with Crippen molar-refractivity contribution >= 4 is 44.7 Å². The van der Waals surface area contributed by atoms with Crippen LogP contribution in [0.15, 0.2) is 80.7 Å². The van der Waals surface area contributed by atoms with E-state index in [1.165, 1.54) is 42.6 Å². The number of nitro groups is 1. The Bertz CT molecular complexity index is 1370. The van der Waals surface area contributed by atoms with Crippen molar-refractivity contribution in [1.29, 1.82) is 0 Å². The molecule has 1 heterocycles. The monoisotopic (exact) mass is 511 g/mol.